The van der Waals surface area contributed by atoms with Gasteiger partial charge in [0.25, 0.3) is 0 Å². The van der Waals surface area contributed by atoms with Crippen LogP contribution in [0.15, 0.2) is 36.5 Å². The van der Waals surface area contributed by atoms with E-state index in [1.54, 1.807) is 0 Å². The van der Waals surface area contributed by atoms with E-state index in [2.05, 4.69) is 27.9 Å². The van der Waals surface area contributed by atoms with Crippen molar-refractivity contribution in [3.8, 4) is 0 Å². The van der Waals surface area contributed by atoms with E-state index in [1.165, 1.54) is 11.6 Å². The molecule has 1 aliphatic rings. The van der Waals surface area contributed by atoms with Crippen molar-refractivity contribution in [2.24, 2.45) is 7.05 Å². The van der Waals surface area contributed by atoms with Gasteiger partial charge in [-0.2, -0.15) is 0 Å². The first-order valence-corrected chi connectivity index (χ1v) is 8.50. The molecule has 6 heteroatoms. The number of nitrogens with one attached hydrogen (secondary N) is 2. The number of aromatic nitrogens is 2. The van der Waals surface area contributed by atoms with Crippen LogP contribution >= 0.6 is 0 Å². The van der Waals surface area contributed by atoms with Crippen LogP contribution in [-0.4, -0.2) is 22.6 Å². The number of piperidine rings is 1. The zero-order valence-electron chi connectivity index (χ0n) is 14.0. The Bertz CT molecular complexity index is 913. The topological polar surface area (TPSA) is 41.9 Å². The Hall–Kier alpha value is -2.47. The third kappa shape index (κ3) is 3.09. The molecule has 0 radical (unpaired) electrons. The normalized spacial score (nSPS) is 15.6. The molecule has 0 aliphatic carbocycles. The molecule has 1 saturated heterocycles. The molecule has 0 amide bonds. The number of rotatable bonds is 3. The third-order valence-corrected chi connectivity index (χ3v) is 4.82. The van der Waals surface area contributed by atoms with Crippen molar-refractivity contribution in [2.75, 3.05) is 18.4 Å². The van der Waals surface area contributed by atoms with Crippen molar-refractivity contribution in [2.45, 2.75) is 18.8 Å². The summed E-state index contributed by atoms with van der Waals surface area (Å²) < 4.78 is 28.4. The van der Waals surface area contributed by atoms with Gasteiger partial charge in [0.15, 0.2) is 11.6 Å². The maximum Gasteiger partial charge on any atom is 0.160 e. The molecule has 4 nitrogen and oxygen atoms in total. The van der Waals surface area contributed by atoms with E-state index in [1.807, 2.05) is 17.7 Å². The Morgan fingerprint density at radius 1 is 1.12 bits per heavy atom. The number of nitrogens with zero attached hydrogens (tertiary/aromatic N) is 2. The Labute approximate surface area is 144 Å². The summed E-state index contributed by atoms with van der Waals surface area (Å²) >= 11 is 0. The van der Waals surface area contributed by atoms with Gasteiger partial charge < -0.3 is 15.2 Å². The van der Waals surface area contributed by atoms with E-state index in [0.717, 1.165) is 49.1 Å². The van der Waals surface area contributed by atoms with Crippen LogP contribution in [0.3, 0.4) is 0 Å². The van der Waals surface area contributed by atoms with Crippen LogP contribution in [0.1, 0.15) is 24.3 Å². The summed E-state index contributed by atoms with van der Waals surface area (Å²) in [5, 5.41) is 7.59. The maximum atomic E-state index is 13.4. The first-order chi connectivity index (χ1) is 12.1. The van der Waals surface area contributed by atoms with Crippen LogP contribution in [0.4, 0.5) is 20.3 Å². The third-order valence-electron chi connectivity index (χ3n) is 4.82. The van der Waals surface area contributed by atoms with Gasteiger partial charge in [0.05, 0.1) is 0 Å². The van der Waals surface area contributed by atoms with E-state index in [9.17, 15) is 8.78 Å². The van der Waals surface area contributed by atoms with Gasteiger partial charge in [-0.15, -0.1) is 0 Å². The quantitative estimate of drug-likeness (QED) is 0.754. The lowest BCUT2D eigenvalue weighted by molar-refractivity contribution is 0.462. The minimum Gasteiger partial charge on any atom is -0.340 e. The Morgan fingerprint density at radius 2 is 1.92 bits per heavy atom. The van der Waals surface area contributed by atoms with E-state index < -0.39 is 11.6 Å². The Morgan fingerprint density at radius 3 is 2.68 bits per heavy atom. The summed E-state index contributed by atoms with van der Waals surface area (Å²) in [6, 6.07) is 7.67. The van der Waals surface area contributed by atoms with Crippen molar-refractivity contribution in [3.05, 3.63) is 53.7 Å². The molecular weight excluding hydrogens is 322 g/mol. The SMILES string of the molecule is Cn1cc(C2CCNCC2)c2ccc(Nc3ccc(F)c(F)c3)nc21. The van der Waals surface area contributed by atoms with Gasteiger partial charge in [0, 0.05) is 30.4 Å². The van der Waals surface area contributed by atoms with Gasteiger partial charge >= 0.3 is 0 Å². The standard InChI is InChI=1S/C19H20F2N4/c1-25-11-15(12-6-8-22-9-7-12)14-3-5-18(24-19(14)25)23-13-2-4-16(20)17(21)10-13/h2-5,10-12,22H,6-9H2,1H3,(H,23,24). The van der Waals surface area contributed by atoms with Crippen molar-refractivity contribution < 1.29 is 8.78 Å². The van der Waals surface area contributed by atoms with Crippen LogP contribution in [0.5, 0.6) is 0 Å². The summed E-state index contributed by atoms with van der Waals surface area (Å²) in [5.74, 6) is -0.575. The zero-order chi connectivity index (χ0) is 17.4. The molecule has 0 unspecified atom stereocenters. The average Bonchev–Trinajstić information content (AvgIpc) is 2.95. The number of pyridine rings is 1. The predicted octanol–water partition coefficient (Wildman–Crippen LogP) is 4.06. The Kier molecular flexibility index (Phi) is 4.13. The molecule has 0 bridgehead atoms. The summed E-state index contributed by atoms with van der Waals surface area (Å²) in [4.78, 5) is 4.66. The second-order valence-corrected chi connectivity index (χ2v) is 6.54. The molecular formula is C19H20F2N4. The molecule has 4 rings (SSSR count). The lowest BCUT2D eigenvalue weighted by Gasteiger charge is -2.22. The highest BCUT2D eigenvalue weighted by molar-refractivity contribution is 5.83. The number of hydrogen-bond acceptors (Lipinski definition) is 3. The van der Waals surface area contributed by atoms with Crippen molar-refractivity contribution >= 4 is 22.5 Å². The average molecular weight is 342 g/mol. The molecule has 1 aliphatic heterocycles. The van der Waals surface area contributed by atoms with Crippen molar-refractivity contribution in [3.63, 3.8) is 0 Å². The summed E-state index contributed by atoms with van der Waals surface area (Å²) in [6.07, 6.45) is 4.43. The highest BCUT2D eigenvalue weighted by Gasteiger charge is 2.20. The van der Waals surface area contributed by atoms with Gasteiger partial charge in [-0.3, -0.25) is 0 Å². The fourth-order valence-electron chi connectivity index (χ4n) is 3.53. The first kappa shape index (κ1) is 16.0. The lowest BCUT2D eigenvalue weighted by atomic mass is 9.90. The second-order valence-electron chi connectivity index (χ2n) is 6.54. The lowest BCUT2D eigenvalue weighted by Crippen LogP contribution is -2.26. The number of halogens is 2. The van der Waals surface area contributed by atoms with E-state index in [-0.39, 0.29) is 0 Å². The smallest absolute Gasteiger partial charge is 0.160 e. The van der Waals surface area contributed by atoms with Crippen LogP contribution in [0, 0.1) is 11.6 Å². The minimum atomic E-state index is -0.877. The molecule has 2 N–H and O–H groups in total. The van der Waals surface area contributed by atoms with Gasteiger partial charge in [0.2, 0.25) is 0 Å². The highest BCUT2D eigenvalue weighted by Crippen LogP contribution is 2.33. The fraction of sp³-hybridized carbons (Fsp3) is 0.316. The van der Waals surface area contributed by atoms with E-state index >= 15 is 0 Å². The number of benzene rings is 1. The van der Waals surface area contributed by atoms with Gasteiger partial charge in [-0.25, -0.2) is 13.8 Å². The highest BCUT2D eigenvalue weighted by atomic mass is 19.2. The predicted molar refractivity (Wildman–Crippen MR) is 95.2 cm³/mol. The van der Waals surface area contributed by atoms with Gasteiger partial charge in [-0.05, 0) is 61.7 Å². The molecule has 2 aromatic heterocycles. The number of hydrogen-bond donors (Lipinski definition) is 2. The second kappa shape index (κ2) is 6.44. The molecule has 1 fully saturated rings. The zero-order valence-corrected chi connectivity index (χ0v) is 14.0. The number of anilines is 2. The fourth-order valence-corrected chi connectivity index (χ4v) is 3.53. The molecule has 3 heterocycles. The molecule has 0 spiro atoms. The minimum absolute atomic E-state index is 0.471. The molecule has 25 heavy (non-hydrogen) atoms. The molecule has 3 aromatic rings. The molecule has 130 valence electrons. The van der Waals surface area contributed by atoms with E-state index in [0.29, 0.717) is 17.4 Å². The monoisotopic (exact) mass is 342 g/mol. The van der Waals surface area contributed by atoms with Gasteiger partial charge in [-0.1, -0.05) is 0 Å². The van der Waals surface area contributed by atoms with Crippen molar-refractivity contribution in [1.29, 1.82) is 0 Å². The Balaban J connectivity index is 1.66. The summed E-state index contributed by atoms with van der Waals surface area (Å²) in [7, 11) is 1.99. The first-order valence-electron chi connectivity index (χ1n) is 8.50. The van der Waals surface area contributed by atoms with Crippen molar-refractivity contribution in [1.82, 2.24) is 14.9 Å². The maximum absolute atomic E-state index is 13.4. The van der Waals surface area contributed by atoms with Crippen LogP contribution in [0.25, 0.3) is 11.0 Å². The number of aryl methyl sites for hydroxylation is 1. The number of fused-ring (bicyclic) bond motifs is 1. The van der Waals surface area contributed by atoms with Crippen LogP contribution in [-0.2, 0) is 7.05 Å². The van der Waals surface area contributed by atoms with E-state index in [4.69, 9.17) is 0 Å². The summed E-state index contributed by atoms with van der Waals surface area (Å²) in [6.45, 7) is 2.09. The molecule has 0 atom stereocenters. The molecule has 1 aromatic carbocycles. The summed E-state index contributed by atoms with van der Waals surface area (Å²) in [5.41, 5.74) is 2.70. The van der Waals surface area contributed by atoms with Gasteiger partial charge in [0.1, 0.15) is 11.5 Å². The molecule has 0 saturated carbocycles. The van der Waals surface area contributed by atoms with Crippen LogP contribution in [0.2, 0.25) is 0 Å². The van der Waals surface area contributed by atoms with Crippen LogP contribution < -0.4 is 10.6 Å². The largest absolute Gasteiger partial charge is 0.340 e.